The molecule has 7 nitrogen and oxygen atoms in total. The molecule has 0 atom stereocenters. The van der Waals surface area contributed by atoms with E-state index in [2.05, 4.69) is 14.5 Å². The van der Waals surface area contributed by atoms with Gasteiger partial charge < -0.3 is 0 Å². The van der Waals surface area contributed by atoms with Gasteiger partial charge in [-0.15, -0.1) is 5.10 Å². The first-order valence-corrected chi connectivity index (χ1v) is 6.15. The van der Waals surface area contributed by atoms with Crippen LogP contribution < -0.4 is 5.14 Å². The fraction of sp³-hybridized carbons (Fsp3) is 0.111. The minimum Gasteiger partial charge on any atom is -0.252 e. The maximum Gasteiger partial charge on any atom is 0.333 e. The van der Waals surface area contributed by atoms with Crippen LogP contribution >= 0.6 is 0 Å². The molecule has 0 unspecified atom stereocenters. The Morgan fingerprint density at radius 2 is 2.00 bits per heavy atom. The van der Waals surface area contributed by atoms with Crippen molar-refractivity contribution < 1.29 is 12.6 Å². The average Bonchev–Trinajstić information content (AvgIpc) is 2.75. The molecular weight excluding hydrogens is 244 g/mol. The normalized spacial score (nSPS) is 11.6. The largest absolute Gasteiger partial charge is 0.333 e. The van der Waals surface area contributed by atoms with Gasteiger partial charge in [-0.2, -0.15) is 8.42 Å². The lowest BCUT2D eigenvalue weighted by Gasteiger charge is -1.97. The van der Waals surface area contributed by atoms with E-state index in [4.69, 9.17) is 5.14 Å². The van der Waals surface area contributed by atoms with E-state index < -0.39 is 10.3 Å². The third-order valence-corrected chi connectivity index (χ3v) is 2.38. The maximum atomic E-state index is 10.6. The molecule has 0 radical (unpaired) electrons. The second-order valence-corrected chi connectivity index (χ2v) is 4.47. The highest BCUT2D eigenvalue weighted by Gasteiger charge is 2.07. The first kappa shape index (κ1) is 11.7. The molecule has 0 bridgehead atoms. The van der Waals surface area contributed by atoms with Crippen LogP contribution in [0.5, 0.6) is 0 Å². The number of nitrogens with two attached hydrogens (primary N) is 1. The molecule has 0 aliphatic heterocycles. The highest BCUT2D eigenvalue weighted by atomic mass is 32.2. The third-order valence-electron chi connectivity index (χ3n) is 1.93. The van der Waals surface area contributed by atoms with Crippen LogP contribution in [0.25, 0.3) is 5.69 Å². The number of rotatable bonds is 4. The van der Waals surface area contributed by atoms with E-state index in [0.717, 1.165) is 5.69 Å². The Bertz CT molecular complexity index is 594. The second kappa shape index (κ2) is 4.62. The zero-order valence-electron chi connectivity index (χ0n) is 8.72. The highest BCUT2D eigenvalue weighted by molar-refractivity contribution is 7.84. The van der Waals surface area contributed by atoms with E-state index in [0.29, 0.717) is 5.69 Å². The fourth-order valence-corrected chi connectivity index (χ4v) is 1.50. The van der Waals surface area contributed by atoms with Gasteiger partial charge in [0.05, 0.1) is 11.9 Å². The van der Waals surface area contributed by atoms with Crippen molar-refractivity contribution in [1.29, 1.82) is 0 Å². The Morgan fingerprint density at radius 3 is 2.65 bits per heavy atom. The summed E-state index contributed by atoms with van der Waals surface area (Å²) in [7, 11) is -3.95. The Hall–Kier alpha value is -1.77. The summed E-state index contributed by atoms with van der Waals surface area (Å²) in [6.07, 6.45) is 1.57. The standard InChI is InChI=1S/C9H10N4O3S/c10-17(14,15)16-7-8-6-13(12-11-8)9-4-2-1-3-5-9/h1-6H,7H2,(H2,10,14,15). The van der Waals surface area contributed by atoms with Crippen molar-refractivity contribution in [1.82, 2.24) is 15.0 Å². The third kappa shape index (κ3) is 3.34. The molecule has 0 fully saturated rings. The molecule has 17 heavy (non-hydrogen) atoms. The molecule has 1 aromatic heterocycles. The summed E-state index contributed by atoms with van der Waals surface area (Å²) in [5, 5.41) is 12.3. The number of para-hydroxylation sites is 1. The molecule has 1 heterocycles. The zero-order valence-corrected chi connectivity index (χ0v) is 9.54. The van der Waals surface area contributed by atoms with E-state index in [1.807, 2.05) is 30.3 Å². The predicted octanol–water partition coefficient (Wildman–Crippen LogP) is -0.0126. The fourth-order valence-electron chi connectivity index (χ4n) is 1.21. The monoisotopic (exact) mass is 254 g/mol. The summed E-state index contributed by atoms with van der Waals surface area (Å²) < 4.78 is 27.1. The van der Waals surface area contributed by atoms with Crippen molar-refractivity contribution in [3.8, 4) is 5.69 Å². The number of hydrogen-bond donors (Lipinski definition) is 1. The summed E-state index contributed by atoms with van der Waals surface area (Å²) in [6, 6.07) is 9.29. The molecule has 0 aliphatic rings. The highest BCUT2D eigenvalue weighted by Crippen LogP contribution is 2.06. The molecule has 2 aromatic rings. The average molecular weight is 254 g/mol. The number of hydrogen-bond acceptors (Lipinski definition) is 5. The molecule has 0 spiro atoms. The summed E-state index contributed by atoms with van der Waals surface area (Å²) in [6.45, 7) is -0.230. The molecule has 0 aliphatic carbocycles. The van der Waals surface area contributed by atoms with Gasteiger partial charge >= 0.3 is 10.3 Å². The van der Waals surface area contributed by atoms with Crippen LogP contribution in [-0.2, 0) is 21.1 Å². The Kier molecular flexibility index (Phi) is 3.18. The van der Waals surface area contributed by atoms with Gasteiger partial charge in [0.1, 0.15) is 12.3 Å². The smallest absolute Gasteiger partial charge is 0.252 e. The zero-order chi connectivity index (χ0) is 12.3. The van der Waals surface area contributed by atoms with Crippen molar-refractivity contribution in [3.05, 3.63) is 42.2 Å². The van der Waals surface area contributed by atoms with Crippen LogP contribution in [0.4, 0.5) is 0 Å². The molecular formula is C9H10N4O3S. The van der Waals surface area contributed by atoms with Crippen molar-refractivity contribution in [2.75, 3.05) is 0 Å². The van der Waals surface area contributed by atoms with Gasteiger partial charge in [0.2, 0.25) is 0 Å². The Balaban J connectivity index is 2.12. The van der Waals surface area contributed by atoms with Crippen LogP contribution in [0.3, 0.4) is 0 Å². The van der Waals surface area contributed by atoms with Crippen molar-refractivity contribution in [3.63, 3.8) is 0 Å². The Labute approximate surface area is 98.1 Å². The van der Waals surface area contributed by atoms with Gasteiger partial charge in [0.25, 0.3) is 0 Å². The van der Waals surface area contributed by atoms with Gasteiger partial charge in [0.15, 0.2) is 0 Å². The lowest BCUT2D eigenvalue weighted by molar-refractivity contribution is 0.304. The molecule has 2 rings (SSSR count). The maximum absolute atomic E-state index is 10.6. The van der Waals surface area contributed by atoms with Gasteiger partial charge in [-0.1, -0.05) is 23.4 Å². The lowest BCUT2D eigenvalue weighted by atomic mass is 10.3. The Morgan fingerprint density at radius 1 is 1.29 bits per heavy atom. The SMILES string of the molecule is NS(=O)(=O)OCc1cn(-c2ccccc2)nn1. The summed E-state index contributed by atoms with van der Waals surface area (Å²) >= 11 is 0. The minimum atomic E-state index is -3.95. The van der Waals surface area contributed by atoms with Crippen molar-refractivity contribution in [2.24, 2.45) is 5.14 Å². The van der Waals surface area contributed by atoms with E-state index >= 15 is 0 Å². The molecule has 0 amide bonds. The number of aromatic nitrogens is 3. The lowest BCUT2D eigenvalue weighted by Crippen LogP contribution is -2.15. The minimum absolute atomic E-state index is 0.230. The first-order chi connectivity index (χ1) is 8.04. The quantitative estimate of drug-likeness (QED) is 0.826. The van der Waals surface area contributed by atoms with Crippen LogP contribution in [0.15, 0.2) is 36.5 Å². The van der Waals surface area contributed by atoms with Crippen LogP contribution in [-0.4, -0.2) is 23.4 Å². The van der Waals surface area contributed by atoms with E-state index in [1.165, 1.54) is 4.68 Å². The van der Waals surface area contributed by atoms with Gasteiger partial charge in [-0.05, 0) is 12.1 Å². The predicted molar refractivity (Wildman–Crippen MR) is 59.3 cm³/mol. The second-order valence-electron chi connectivity index (χ2n) is 3.24. The first-order valence-electron chi connectivity index (χ1n) is 4.68. The molecule has 8 heteroatoms. The summed E-state index contributed by atoms with van der Waals surface area (Å²) in [4.78, 5) is 0. The van der Waals surface area contributed by atoms with Crippen LogP contribution in [0.2, 0.25) is 0 Å². The van der Waals surface area contributed by atoms with Gasteiger partial charge in [-0.25, -0.2) is 9.82 Å². The molecule has 90 valence electrons. The van der Waals surface area contributed by atoms with E-state index in [-0.39, 0.29) is 6.61 Å². The van der Waals surface area contributed by atoms with Crippen LogP contribution in [0.1, 0.15) is 5.69 Å². The molecule has 2 N–H and O–H groups in total. The molecule has 0 saturated heterocycles. The summed E-state index contributed by atoms with van der Waals surface area (Å²) in [5.41, 5.74) is 1.20. The van der Waals surface area contributed by atoms with E-state index in [1.54, 1.807) is 6.20 Å². The van der Waals surface area contributed by atoms with Crippen LogP contribution in [0, 0.1) is 0 Å². The van der Waals surface area contributed by atoms with Gasteiger partial charge in [-0.3, -0.25) is 4.18 Å². The van der Waals surface area contributed by atoms with Crippen molar-refractivity contribution >= 4 is 10.3 Å². The van der Waals surface area contributed by atoms with E-state index in [9.17, 15) is 8.42 Å². The van der Waals surface area contributed by atoms with Gasteiger partial charge in [0, 0.05) is 0 Å². The van der Waals surface area contributed by atoms with Crippen molar-refractivity contribution in [2.45, 2.75) is 6.61 Å². The number of benzene rings is 1. The topological polar surface area (TPSA) is 100 Å². The summed E-state index contributed by atoms with van der Waals surface area (Å²) in [5.74, 6) is 0. The number of nitrogens with zero attached hydrogens (tertiary/aromatic N) is 3. The molecule has 0 saturated carbocycles. The molecule has 1 aromatic carbocycles.